The molecule has 1 aliphatic carbocycles. The van der Waals surface area contributed by atoms with Crippen LogP contribution in [0.25, 0.3) is 11.4 Å². The number of hydrogen-bond donors (Lipinski definition) is 1. The van der Waals surface area contributed by atoms with Crippen LogP contribution in [-0.4, -0.2) is 17.0 Å². The van der Waals surface area contributed by atoms with Crippen LogP contribution in [0, 0.1) is 5.82 Å². The second kappa shape index (κ2) is 5.30. The Bertz CT molecular complexity index is 674. The van der Waals surface area contributed by atoms with Gasteiger partial charge in [-0.3, -0.25) is 0 Å². The standard InChI is InChI=1S/C14H12BrClFN3/c1-18-14-11(15)12(7-2-3-7)19-13(20-14)8-4-5-9(16)10(17)6-8/h4-7H,2-3H2,1H3,(H,18,19,20). The minimum Gasteiger partial charge on any atom is -0.372 e. The summed E-state index contributed by atoms with van der Waals surface area (Å²) >= 11 is 9.24. The lowest BCUT2D eigenvalue weighted by Gasteiger charge is -2.11. The van der Waals surface area contributed by atoms with E-state index in [2.05, 4.69) is 31.2 Å². The molecule has 1 aromatic heterocycles. The predicted molar refractivity (Wildman–Crippen MR) is 81.7 cm³/mol. The second-order valence-corrected chi connectivity index (χ2v) is 5.95. The molecule has 0 spiro atoms. The average molecular weight is 357 g/mol. The van der Waals surface area contributed by atoms with E-state index in [1.165, 1.54) is 12.1 Å². The van der Waals surface area contributed by atoms with Gasteiger partial charge in [-0.05, 0) is 47.0 Å². The van der Waals surface area contributed by atoms with Crippen molar-refractivity contribution in [3.05, 3.63) is 39.2 Å². The van der Waals surface area contributed by atoms with Crippen molar-refractivity contribution >= 4 is 33.3 Å². The van der Waals surface area contributed by atoms with Crippen molar-refractivity contribution in [1.82, 2.24) is 9.97 Å². The van der Waals surface area contributed by atoms with Crippen LogP contribution in [0.15, 0.2) is 22.7 Å². The summed E-state index contributed by atoms with van der Waals surface area (Å²) in [5.74, 6) is 1.23. The van der Waals surface area contributed by atoms with Gasteiger partial charge in [-0.1, -0.05) is 11.6 Å². The number of halogens is 3. The minimum atomic E-state index is -0.463. The van der Waals surface area contributed by atoms with Gasteiger partial charge in [0, 0.05) is 18.5 Å². The lowest BCUT2D eigenvalue weighted by Crippen LogP contribution is -2.02. The molecule has 1 fully saturated rings. The van der Waals surface area contributed by atoms with Crippen molar-refractivity contribution in [2.75, 3.05) is 12.4 Å². The third-order valence-electron chi connectivity index (χ3n) is 3.26. The van der Waals surface area contributed by atoms with Gasteiger partial charge in [-0.15, -0.1) is 0 Å². The van der Waals surface area contributed by atoms with Gasteiger partial charge in [-0.25, -0.2) is 14.4 Å². The van der Waals surface area contributed by atoms with Crippen molar-refractivity contribution in [3.63, 3.8) is 0 Å². The molecule has 1 aliphatic rings. The molecule has 1 heterocycles. The van der Waals surface area contributed by atoms with Crippen molar-refractivity contribution in [2.45, 2.75) is 18.8 Å². The summed E-state index contributed by atoms with van der Waals surface area (Å²) in [6.45, 7) is 0. The number of aromatic nitrogens is 2. The molecule has 0 saturated heterocycles. The number of nitrogens with one attached hydrogen (secondary N) is 1. The number of benzene rings is 1. The summed E-state index contributed by atoms with van der Waals surface area (Å²) in [4.78, 5) is 9.00. The first-order valence-electron chi connectivity index (χ1n) is 6.30. The minimum absolute atomic E-state index is 0.0992. The lowest BCUT2D eigenvalue weighted by molar-refractivity contribution is 0.628. The summed E-state index contributed by atoms with van der Waals surface area (Å²) in [6, 6.07) is 4.61. The molecule has 2 aromatic rings. The van der Waals surface area contributed by atoms with Gasteiger partial charge >= 0.3 is 0 Å². The van der Waals surface area contributed by atoms with E-state index in [-0.39, 0.29) is 5.02 Å². The van der Waals surface area contributed by atoms with E-state index in [9.17, 15) is 4.39 Å². The van der Waals surface area contributed by atoms with Crippen molar-refractivity contribution in [2.24, 2.45) is 0 Å². The molecule has 0 amide bonds. The molecule has 0 unspecified atom stereocenters. The topological polar surface area (TPSA) is 37.8 Å². The zero-order chi connectivity index (χ0) is 14.3. The summed E-state index contributed by atoms with van der Waals surface area (Å²) < 4.78 is 14.5. The van der Waals surface area contributed by atoms with E-state index in [1.807, 2.05) is 0 Å². The molecule has 1 saturated carbocycles. The zero-order valence-electron chi connectivity index (χ0n) is 10.8. The van der Waals surface area contributed by atoms with Gasteiger partial charge in [0.05, 0.1) is 15.2 Å². The largest absolute Gasteiger partial charge is 0.372 e. The van der Waals surface area contributed by atoms with Crippen LogP contribution in [-0.2, 0) is 0 Å². The van der Waals surface area contributed by atoms with Crippen molar-refractivity contribution in [3.8, 4) is 11.4 Å². The fourth-order valence-corrected chi connectivity index (χ4v) is 2.84. The summed E-state index contributed by atoms with van der Waals surface area (Å²) in [7, 11) is 1.80. The van der Waals surface area contributed by atoms with Crippen LogP contribution < -0.4 is 5.32 Å². The fraction of sp³-hybridized carbons (Fsp3) is 0.286. The van der Waals surface area contributed by atoms with E-state index < -0.39 is 5.82 Å². The van der Waals surface area contributed by atoms with E-state index >= 15 is 0 Å². The van der Waals surface area contributed by atoms with Crippen LogP contribution in [0.4, 0.5) is 10.2 Å². The molecule has 104 valence electrons. The summed E-state index contributed by atoms with van der Waals surface area (Å²) in [5.41, 5.74) is 1.60. The van der Waals surface area contributed by atoms with Gasteiger partial charge < -0.3 is 5.32 Å². The highest BCUT2D eigenvalue weighted by atomic mass is 79.9. The molecule has 6 heteroatoms. The molecule has 3 nitrogen and oxygen atoms in total. The Balaban J connectivity index is 2.12. The SMILES string of the molecule is CNc1nc(-c2ccc(Cl)c(F)c2)nc(C2CC2)c1Br. The van der Waals surface area contributed by atoms with Crippen LogP contribution >= 0.6 is 27.5 Å². The molecule has 0 radical (unpaired) electrons. The Kier molecular flexibility index (Phi) is 3.65. The Morgan fingerprint density at radius 2 is 2.10 bits per heavy atom. The number of rotatable bonds is 3. The van der Waals surface area contributed by atoms with Gasteiger partial charge in [0.2, 0.25) is 0 Å². The summed E-state index contributed by atoms with van der Waals surface area (Å²) in [6.07, 6.45) is 2.26. The smallest absolute Gasteiger partial charge is 0.161 e. The quantitative estimate of drug-likeness (QED) is 0.872. The van der Waals surface area contributed by atoms with Crippen molar-refractivity contribution < 1.29 is 4.39 Å². The number of anilines is 1. The second-order valence-electron chi connectivity index (χ2n) is 4.75. The maximum atomic E-state index is 13.6. The highest BCUT2D eigenvalue weighted by molar-refractivity contribution is 9.10. The van der Waals surface area contributed by atoms with Gasteiger partial charge in [0.1, 0.15) is 11.6 Å². The molecule has 0 aliphatic heterocycles. The predicted octanol–water partition coefficient (Wildman–Crippen LogP) is 4.62. The monoisotopic (exact) mass is 355 g/mol. The normalized spacial score (nSPS) is 14.4. The average Bonchev–Trinajstić information content (AvgIpc) is 3.27. The fourth-order valence-electron chi connectivity index (χ4n) is 2.02. The maximum absolute atomic E-state index is 13.6. The molecule has 20 heavy (non-hydrogen) atoms. The van der Waals surface area contributed by atoms with Crippen LogP contribution in [0.1, 0.15) is 24.5 Å². The molecule has 0 bridgehead atoms. The Morgan fingerprint density at radius 3 is 2.70 bits per heavy atom. The van der Waals surface area contributed by atoms with E-state index in [4.69, 9.17) is 11.6 Å². The Labute approximate surface area is 129 Å². The van der Waals surface area contributed by atoms with Gasteiger partial charge in [0.25, 0.3) is 0 Å². The zero-order valence-corrected chi connectivity index (χ0v) is 13.1. The van der Waals surface area contributed by atoms with E-state index in [0.29, 0.717) is 23.1 Å². The first-order valence-corrected chi connectivity index (χ1v) is 7.48. The van der Waals surface area contributed by atoms with Crippen molar-refractivity contribution in [1.29, 1.82) is 0 Å². The van der Waals surface area contributed by atoms with E-state index in [0.717, 1.165) is 23.0 Å². The highest BCUT2D eigenvalue weighted by Gasteiger charge is 2.29. The Hall–Kier alpha value is -1.20. The molecule has 1 aromatic carbocycles. The van der Waals surface area contributed by atoms with Crippen LogP contribution in [0.2, 0.25) is 5.02 Å². The third kappa shape index (κ3) is 2.52. The molecule has 0 atom stereocenters. The van der Waals surface area contributed by atoms with Gasteiger partial charge in [-0.2, -0.15) is 0 Å². The molecule has 1 N–H and O–H groups in total. The Morgan fingerprint density at radius 1 is 1.35 bits per heavy atom. The molecule has 3 rings (SSSR count). The first-order chi connectivity index (χ1) is 9.60. The molecular formula is C14H12BrClFN3. The lowest BCUT2D eigenvalue weighted by atomic mass is 10.2. The summed E-state index contributed by atoms with van der Waals surface area (Å²) in [5, 5.41) is 3.14. The number of nitrogens with zero attached hydrogens (tertiary/aromatic N) is 2. The third-order valence-corrected chi connectivity index (χ3v) is 4.34. The first kappa shape index (κ1) is 13.8. The number of hydrogen-bond acceptors (Lipinski definition) is 3. The van der Waals surface area contributed by atoms with E-state index in [1.54, 1.807) is 13.1 Å². The molecular weight excluding hydrogens is 345 g/mol. The van der Waals surface area contributed by atoms with Crippen LogP contribution in [0.3, 0.4) is 0 Å². The maximum Gasteiger partial charge on any atom is 0.161 e. The highest BCUT2D eigenvalue weighted by Crippen LogP contribution is 2.44. The van der Waals surface area contributed by atoms with Gasteiger partial charge in [0.15, 0.2) is 5.82 Å². The van der Waals surface area contributed by atoms with Crippen LogP contribution in [0.5, 0.6) is 0 Å².